The average Bonchev–Trinajstić information content (AvgIpc) is 2.90. The molecule has 2 atom stereocenters. The maximum atomic E-state index is 13.3. The number of allylic oxidation sites excluding steroid dienone is 2. The number of carbonyl (C=O) groups excluding carboxylic acids is 2. The van der Waals surface area contributed by atoms with Gasteiger partial charge in [0.2, 0.25) is 0 Å². The highest BCUT2D eigenvalue weighted by molar-refractivity contribution is 6.00. The fraction of sp³-hybridized carbons (Fsp3) is 0.647. The Hall–Kier alpha value is -1.66. The molecule has 2 aliphatic rings. The van der Waals surface area contributed by atoms with Crippen molar-refractivity contribution in [1.82, 2.24) is 0 Å². The van der Waals surface area contributed by atoms with E-state index in [1.54, 1.807) is 6.92 Å². The van der Waals surface area contributed by atoms with Crippen LogP contribution in [0.25, 0.3) is 0 Å². The second-order valence-electron chi connectivity index (χ2n) is 6.90. The number of ether oxygens (including phenoxy) is 1. The summed E-state index contributed by atoms with van der Waals surface area (Å²) < 4.78 is 58.3. The normalized spacial score (nSPS) is 27.8. The first-order valence-electron chi connectivity index (χ1n) is 7.63. The van der Waals surface area contributed by atoms with Crippen molar-refractivity contribution in [2.45, 2.75) is 52.6 Å². The summed E-state index contributed by atoms with van der Waals surface area (Å²) in [5.41, 5.74) is -3.29. The molecular weight excluding hydrogens is 328 g/mol. The fourth-order valence-electron chi connectivity index (χ4n) is 3.85. The minimum atomic E-state index is -3.34. The SMILES string of the molecule is C=CCC1=C(C)[C@H](OC(=O)C2C(C)(C)C2(C(F)F)C(F)F)CC1=O. The Morgan fingerprint density at radius 3 is 2.29 bits per heavy atom. The Bertz CT molecular complexity index is 599. The number of halogens is 4. The van der Waals surface area contributed by atoms with Crippen molar-refractivity contribution in [3.8, 4) is 0 Å². The summed E-state index contributed by atoms with van der Waals surface area (Å²) in [6.45, 7) is 7.56. The van der Waals surface area contributed by atoms with Crippen LogP contribution in [0.3, 0.4) is 0 Å². The molecular formula is C17H20F4O3. The Kier molecular flexibility index (Phi) is 4.67. The smallest absolute Gasteiger partial charge is 0.311 e. The lowest BCUT2D eigenvalue weighted by molar-refractivity contribution is -0.154. The maximum absolute atomic E-state index is 13.3. The molecule has 7 heteroatoms. The zero-order chi connectivity index (χ0) is 18.4. The van der Waals surface area contributed by atoms with Crippen molar-refractivity contribution in [3.05, 3.63) is 23.8 Å². The Labute approximate surface area is 137 Å². The highest BCUT2D eigenvalue weighted by atomic mass is 19.3. The minimum absolute atomic E-state index is 0.0930. The van der Waals surface area contributed by atoms with Crippen LogP contribution in [-0.4, -0.2) is 30.7 Å². The quantitative estimate of drug-likeness (QED) is 0.415. The maximum Gasteiger partial charge on any atom is 0.311 e. The van der Waals surface area contributed by atoms with E-state index in [2.05, 4.69) is 6.58 Å². The number of carbonyl (C=O) groups is 2. The second kappa shape index (κ2) is 6.01. The van der Waals surface area contributed by atoms with E-state index in [4.69, 9.17) is 4.74 Å². The highest BCUT2D eigenvalue weighted by Gasteiger charge is 2.84. The van der Waals surface area contributed by atoms with E-state index in [9.17, 15) is 27.2 Å². The lowest BCUT2D eigenvalue weighted by atomic mass is 9.97. The summed E-state index contributed by atoms with van der Waals surface area (Å²) in [6.07, 6.45) is -5.82. The zero-order valence-electron chi connectivity index (χ0n) is 13.7. The van der Waals surface area contributed by atoms with Crippen LogP contribution in [0, 0.1) is 16.7 Å². The number of ketones is 1. The number of hydrogen-bond donors (Lipinski definition) is 0. The molecule has 0 radical (unpaired) electrons. The van der Waals surface area contributed by atoms with Crippen molar-refractivity contribution in [1.29, 1.82) is 0 Å². The van der Waals surface area contributed by atoms with Crippen molar-refractivity contribution in [2.75, 3.05) is 0 Å². The third kappa shape index (κ3) is 2.40. The van der Waals surface area contributed by atoms with Crippen LogP contribution in [0.5, 0.6) is 0 Å². The van der Waals surface area contributed by atoms with Gasteiger partial charge in [-0.2, -0.15) is 0 Å². The van der Waals surface area contributed by atoms with E-state index < -0.39 is 41.7 Å². The molecule has 0 spiro atoms. The summed E-state index contributed by atoms with van der Waals surface area (Å²) in [5, 5.41) is 0. The predicted molar refractivity (Wildman–Crippen MR) is 78.7 cm³/mol. The Morgan fingerprint density at radius 1 is 1.33 bits per heavy atom. The van der Waals surface area contributed by atoms with Crippen molar-refractivity contribution >= 4 is 11.8 Å². The molecule has 2 rings (SSSR count). The molecule has 2 aliphatic carbocycles. The molecule has 1 unspecified atom stereocenters. The molecule has 3 nitrogen and oxygen atoms in total. The van der Waals surface area contributed by atoms with Crippen LogP contribution in [0.2, 0.25) is 0 Å². The topological polar surface area (TPSA) is 43.4 Å². The van der Waals surface area contributed by atoms with Crippen LogP contribution in [0.4, 0.5) is 17.6 Å². The van der Waals surface area contributed by atoms with Crippen molar-refractivity contribution in [2.24, 2.45) is 16.7 Å². The number of hydrogen-bond acceptors (Lipinski definition) is 3. The number of alkyl halides is 4. The second-order valence-corrected chi connectivity index (χ2v) is 6.90. The number of esters is 1. The van der Waals surface area contributed by atoms with Gasteiger partial charge >= 0.3 is 5.97 Å². The van der Waals surface area contributed by atoms with Gasteiger partial charge in [-0.3, -0.25) is 9.59 Å². The molecule has 0 aromatic carbocycles. The third-order valence-corrected chi connectivity index (χ3v) is 5.46. The summed E-state index contributed by atoms with van der Waals surface area (Å²) in [6, 6.07) is 0. The zero-order valence-corrected chi connectivity index (χ0v) is 13.7. The van der Waals surface area contributed by atoms with E-state index in [-0.39, 0.29) is 12.2 Å². The van der Waals surface area contributed by atoms with Crippen molar-refractivity contribution < 1.29 is 31.9 Å². The number of rotatable bonds is 6. The molecule has 0 aliphatic heterocycles. The molecule has 0 heterocycles. The van der Waals surface area contributed by atoms with Gasteiger partial charge in [0.1, 0.15) is 11.5 Å². The van der Waals surface area contributed by atoms with Gasteiger partial charge in [0, 0.05) is 5.57 Å². The van der Waals surface area contributed by atoms with Crippen molar-refractivity contribution in [3.63, 3.8) is 0 Å². The summed E-state index contributed by atoms with van der Waals surface area (Å²) in [4.78, 5) is 24.2. The Balaban J connectivity index is 2.20. The van der Waals surface area contributed by atoms with Crippen LogP contribution < -0.4 is 0 Å². The molecule has 0 N–H and O–H groups in total. The van der Waals surface area contributed by atoms with Crippen LogP contribution >= 0.6 is 0 Å². The van der Waals surface area contributed by atoms with Gasteiger partial charge < -0.3 is 4.74 Å². The number of Topliss-reactive ketones (excluding diaryl/α,β-unsaturated/α-hetero) is 1. The average molecular weight is 348 g/mol. The summed E-state index contributed by atoms with van der Waals surface area (Å²) in [5.74, 6) is -2.91. The highest BCUT2D eigenvalue weighted by Crippen LogP contribution is 2.74. The standard InChI is InChI=1S/C17H20F4O3/c1-5-6-9-8(2)11(7-10(9)22)24-13(23)12-16(3,4)17(12,14(18)19)15(20)21/h5,11-12,14-15H,1,6-7H2,2-4H3/t11-,12?/m1/s1. The van der Waals surface area contributed by atoms with E-state index in [0.717, 1.165) is 0 Å². The van der Waals surface area contributed by atoms with Gasteiger partial charge in [-0.05, 0) is 24.3 Å². The van der Waals surface area contributed by atoms with E-state index >= 15 is 0 Å². The molecule has 0 aromatic heterocycles. The van der Waals surface area contributed by atoms with Gasteiger partial charge in [-0.1, -0.05) is 19.9 Å². The fourth-order valence-corrected chi connectivity index (χ4v) is 3.85. The molecule has 1 fully saturated rings. The van der Waals surface area contributed by atoms with Gasteiger partial charge in [-0.25, -0.2) is 17.6 Å². The largest absolute Gasteiger partial charge is 0.457 e. The van der Waals surface area contributed by atoms with Gasteiger partial charge in [-0.15, -0.1) is 6.58 Å². The van der Waals surface area contributed by atoms with E-state index in [1.807, 2.05) is 0 Å². The van der Waals surface area contributed by atoms with Gasteiger partial charge in [0.15, 0.2) is 5.78 Å². The molecule has 1 saturated carbocycles. The lowest BCUT2D eigenvalue weighted by Gasteiger charge is -2.18. The monoisotopic (exact) mass is 348 g/mol. The molecule has 24 heavy (non-hydrogen) atoms. The third-order valence-electron chi connectivity index (χ3n) is 5.46. The minimum Gasteiger partial charge on any atom is -0.457 e. The Morgan fingerprint density at radius 2 is 1.88 bits per heavy atom. The van der Waals surface area contributed by atoms with Crippen LogP contribution in [0.1, 0.15) is 33.6 Å². The molecule has 0 aromatic rings. The molecule has 134 valence electrons. The summed E-state index contributed by atoms with van der Waals surface area (Å²) >= 11 is 0. The molecule has 0 amide bonds. The molecule has 0 saturated heterocycles. The van der Waals surface area contributed by atoms with Crippen LogP contribution in [0.15, 0.2) is 23.8 Å². The van der Waals surface area contributed by atoms with Gasteiger partial charge in [0.05, 0.1) is 12.3 Å². The van der Waals surface area contributed by atoms with Crippen LogP contribution in [-0.2, 0) is 14.3 Å². The van der Waals surface area contributed by atoms with E-state index in [1.165, 1.54) is 19.9 Å². The first kappa shape index (κ1) is 18.7. The van der Waals surface area contributed by atoms with E-state index in [0.29, 0.717) is 17.6 Å². The summed E-state index contributed by atoms with van der Waals surface area (Å²) in [7, 11) is 0. The molecule has 0 bridgehead atoms. The van der Waals surface area contributed by atoms with Gasteiger partial charge in [0.25, 0.3) is 12.9 Å². The lowest BCUT2D eigenvalue weighted by Crippen LogP contribution is -2.30. The first-order chi connectivity index (χ1) is 11.0. The first-order valence-corrected chi connectivity index (χ1v) is 7.63. The predicted octanol–water partition coefficient (Wildman–Crippen LogP) is 3.94.